The molecule has 0 aliphatic carbocycles. The molecule has 0 fully saturated rings. The first-order chi connectivity index (χ1) is 17.7. The summed E-state index contributed by atoms with van der Waals surface area (Å²) in [5.41, 5.74) is 1.02. The summed E-state index contributed by atoms with van der Waals surface area (Å²) in [7, 11) is 0. The highest BCUT2D eigenvalue weighted by atomic mass is 35.5. The smallest absolute Gasteiger partial charge is 0.369 e. The van der Waals surface area contributed by atoms with E-state index in [1.807, 2.05) is 24.3 Å². The van der Waals surface area contributed by atoms with E-state index in [0.717, 1.165) is 23.6 Å². The maximum Gasteiger partial charge on any atom is 0.418 e. The van der Waals surface area contributed by atoms with E-state index < -0.39 is 11.7 Å². The third kappa shape index (κ3) is 6.37. The molecule has 0 bridgehead atoms. The second kappa shape index (κ2) is 11.4. The van der Waals surface area contributed by atoms with Gasteiger partial charge in [-0.1, -0.05) is 42.8 Å². The topological polar surface area (TPSA) is 53.9 Å². The van der Waals surface area contributed by atoms with Gasteiger partial charge in [-0.05, 0) is 62.7 Å². The molecule has 0 saturated heterocycles. The zero-order valence-electron chi connectivity index (χ0n) is 21.0. The fourth-order valence-electron chi connectivity index (χ4n) is 4.25. The highest BCUT2D eigenvalue weighted by Gasteiger charge is 2.34. The third-order valence-corrected chi connectivity index (χ3v) is 6.62. The number of anilines is 1. The van der Waals surface area contributed by atoms with Crippen LogP contribution in [0, 0.1) is 0 Å². The van der Waals surface area contributed by atoms with Crippen molar-refractivity contribution in [3.05, 3.63) is 82.8 Å². The number of hydrogen-bond acceptors (Lipinski definition) is 5. The van der Waals surface area contributed by atoms with Gasteiger partial charge in [-0.2, -0.15) is 13.2 Å². The van der Waals surface area contributed by atoms with E-state index in [0.29, 0.717) is 47.3 Å². The van der Waals surface area contributed by atoms with Gasteiger partial charge < -0.3 is 5.32 Å². The van der Waals surface area contributed by atoms with Crippen molar-refractivity contribution in [1.29, 1.82) is 0 Å². The Hall–Kier alpha value is -3.23. The predicted octanol–water partition coefficient (Wildman–Crippen LogP) is 7.25. The molecule has 2 aromatic carbocycles. The van der Waals surface area contributed by atoms with Gasteiger partial charge >= 0.3 is 6.18 Å². The molecule has 9 heteroatoms. The van der Waals surface area contributed by atoms with Crippen LogP contribution in [0.4, 0.5) is 19.0 Å². The molecule has 1 N–H and O–H groups in total. The summed E-state index contributed by atoms with van der Waals surface area (Å²) >= 11 is 6.30. The van der Waals surface area contributed by atoms with Gasteiger partial charge in [0, 0.05) is 34.8 Å². The Kier molecular flexibility index (Phi) is 8.29. The second-order valence-corrected chi connectivity index (χ2v) is 9.45. The van der Waals surface area contributed by atoms with Crippen molar-refractivity contribution in [2.24, 2.45) is 0 Å². The van der Waals surface area contributed by atoms with Crippen LogP contribution in [0.3, 0.4) is 0 Å². The first-order valence-corrected chi connectivity index (χ1v) is 12.6. The van der Waals surface area contributed by atoms with Crippen LogP contribution >= 0.6 is 11.6 Å². The number of fused-ring (bicyclic) bond motifs is 1. The summed E-state index contributed by atoms with van der Waals surface area (Å²) in [4.78, 5) is 15.8. The molecular formula is C28H29ClF3N5. The average molecular weight is 528 g/mol. The minimum atomic E-state index is -4.51. The van der Waals surface area contributed by atoms with Crippen molar-refractivity contribution in [3.8, 4) is 11.3 Å². The van der Waals surface area contributed by atoms with Crippen molar-refractivity contribution in [2.45, 2.75) is 46.0 Å². The second-order valence-electron chi connectivity index (χ2n) is 9.04. The average Bonchev–Trinajstić information content (AvgIpc) is 2.87. The predicted molar refractivity (Wildman–Crippen MR) is 143 cm³/mol. The van der Waals surface area contributed by atoms with Crippen LogP contribution in [-0.2, 0) is 19.1 Å². The van der Waals surface area contributed by atoms with Gasteiger partial charge in [-0.15, -0.1) is 0 Å². The van der Waals surface area contributed by atoms with Crippen LogP contribution < -0.4 is 5.32 Å². The number of hydrogen-bond donors (Lipinski definition) is 1. The zero-order chi connectivity index (χ0) is 26.6. The van der Waals surface area contributed by atoms with Gasteiger partial charge in [0.1, 0.15) is 11.6 Å². The fraction of sp³-hybridized carbons (Fsp3) is 0.321. The summed E-state index contributed by atoms with van der Waals surface area (Å²) in [5, 5.41) is 4.82. The highest BCUT2D eigenvalue weighted by molar-refractivity contribution is 6.31. The summed E-state index contributed by atoms with van der Waals surface area (Å²) in [6, 6.07) is 15.3. The van der Waals surface area contributed by atoms with Crippen LogP contribution in [0.5, 0.6) is 0 Å². The van der Waals surface area contributed by atoms with Gasteiger partial charge in [0.2, 0.25) is 0 Å². The van der Waals surface area contributed by atoms with E-state index in [4.69, 9.17) is 21.6 Å². The van der Waals surface area contributed by atoms with Gasteiger partial charge in [0.05, 0.1) is 23.3 Å². The van der Waals surface area contributed by atoms with Crippen molar-refractivity contribution < 1.29 is 13.2 Å². The number of nitrogens with zero attached hydrogens (tertiary/aromatic N) is 4. The number of pyridine rings is 1. The zero-order valence-corrected chi connectivity index (χ0v) is 21.7. The monoisotopic (exact) mass is 527 g/mol. The first-order valence-electron chi connectivity index (χ1n) is 12.2. The van der Waals surface area contributed by atoms with Crippen molar-refractivity contribution in [1.82, 2.24) is 19.9 Å². The maximum absolute atomic E-state index is 13.7. The summed E-state index contributed by atoms with van der Waals surface area (Å²) in [5.74, 6) is 1.23. The van der Waals surface area contributed by atoms with Gasteiger partial charge in [-0.3, -0.25) is 9.88 Å². The molecule has 0 spiro atoms. The third-order valence-electron chi connectivity index (χ3n) is 6.26. The van der Waals surface area contributed by atoms with Crippen molar-refractivity contribution >= 4 is 28.3 Å². The molecule has 37 heavy (non-hydrogen) atoms. The lowest BCUT2D eigenvalue weighted by molar-refractivity contribution is -0.137. The Morgan fingerprint density at radius 1 is 1.03 bits per heavy atom. The molecule has 0 saturated carbocycles. The fourth-order valence-corrected chi connectivity index (χ4v) is 4.48. The molecular weight excluding hydrogens is 499 g/mol. The van der Waals surface area contributed by atoms with Crippen LogP contribution in [0.15, 0.2) is 60.8 Å². The molecule has 194 valence electrons. The van der Waals surface area contributed by atoms with Crippen LogP contribution in [0.1, 0.15) is 37.7 Å². The molecule has 2 aromatic heterocycles. The lowest BCUT2D eigenvalue weighted by Gasteiger charge is -2.24. The number of alkyl halides is 3. The van der Waals surface area contributed by atoms with Gasteiger partial charge in [0.25, 0.3) is 0 Å². The molecule has 2 heterocycles. The molecule has 0 aliphatic heterocycles. The largest absolute Gasteiger partial charge is 0.418 e. The molecule has 0 amide bonds. The number of nitrogens with one attached hydrogen (secondary N) is 1. The lowest BCUT2D eigenvalue weighted by Crippen LogP contribution is -2.30. The van der Waals surface area contributed by atoms with E-state index in [1.54, 1.807) is 18.2 Å². The van der Waals surface area contributed by atoms with E-state index in [1.165, 1.54) is 12.3 Å². The molecule has 4 aromatic rings. The summed E-state index contributed by atoms with van der Waals surface area (Å²) < 4.78 is 41.0. The standard InChI is InChI=1S/C28H29ClF3N5/c1-4-37(18(2)3)17-25-35-24-16-20(26-22(28(30,31)32)9-7-14-33-26)11-12-21(24)27(36-25)34-15-13-19-8-5-6-10-23(19)29/h5-12,14,16,18H,4,13,15,17H2,1-3H3,(H,34,35,36). The van der Waals surface area contributed by atoms with E-state index in [9.17, 15) is 13.2 Å². The van der Waals surface area contributed by atoms with Crippen molar-refractivity contribution in [2.75, 3.05) is 18.4 Å². The molecule has 4 rings (SSSR count). The quantitative estimate of drug-likeness (QED) is 0.248. The summed E-state index contributed by atoms with van der Waals surface area (Å²) in [6.45, 7) is 8.19. The van der Waals surface area contributed by atoms with E-state index >= 15 is 0 Å². The Labute approximate surface area is 219 Å². The SMILES string of the molecule is CCN(Cc1nc(NCCc2ccccc2Cl)c2ccc(-c3ncccc3C(F)(F)F)cc2n1)C(C)C. The van der Waals surface area contributed by atoms with Gasteiger partial charge in [0.15, 0.2) is 0 Å². The maximum atomic E-state index is 13.7. The molecule has 0 atom stereocenters. The van der Waals surface area contributed by atoms with Crippen LogP contribution in [0.25, 0.3) is 22.2 Å². The Morgan fingerprint density at radius 2 is 1.81 bits per heavy atom. The lowest BCUT2D eigenvalue weighted by atomic mass is 10.0. The van der Waals surface area contributed by atoms with E-state index in [-0.39, 0.29) is 11.7 Å². The number of aromatic nitrogens is 3. The number of rotatable bonds is 9. The summed E-state index contributed by atoms with van der Waals surface area (Å²) in [6.07, 6.45) is -2.46. The van der Waals surface area contributed by atoms with Crippen LogP contribution in [-0.4, -0.2) is 39.0 Å². The molecule has 5 nitrogen and oxygen atoms in total. The number of halogens is 4. The van der Waals surface area contributed by atoms with E-state index in [2.05, 4.69) is 36.0 Å². The Bertz CT molecular complexity index is 1370. The Morgan fingerprint density at radius 3 is 2.51 bits per heavy atom. The van der Waals surface area contributed by atoms with Crippen LogP contribution in [0.2, 0.25) is 5.02 Å². The minimum absolute atomic E-state index is 0.123. The molecule has 0 unspecified atom stereocenters. The molecule has 0 aliphatic rings. The molecule has 0 radical (unpaired) electrons. The minimum Gasteiger partial charge on any atom is -0.369 e. The van der Waals surface area contributed by atoms with Crippen molar-refractivity contribution in [3.63, 3.8) is 0 Å². The normalized spacial score (nSPS) is 12.0. The first kappa shape index (κ1) is 26.8. The number of benzene rings is 2. The Balaban J connectivity index is 1.74. The highest BCUT2D eigenvalue weighted by Crippen LogP contribution is 2.36. The van der Waals surface area contributed by atoms with Gasteiger partial charge in [-0.25, -0.2) is 9.97 Å².